The highest BCUT2D eigenvalue weighted by Crippen LogP contribution is 2.15. The van der Waals surface area contributed by atoms with Crippen LogP contribution in [0.4, 0.5) is 0 Å². The lowest BCUT2D eigenvalue weighted by atomic mass is 9.96. The van der Waals surface area contributed by atoms with Crippen molar-refractivity contribution in [3.05, 3.63) is 0 Å². The Bertz CT molecular complexity index is 259. The number of nitrogens with two attached hydrogens (primary N) is 1. The summed E-state index contributed by atoms with van der Waals surface area (Å²) in [6, 6.07) is 0. The normalized spacial score (nSPS) is 10.1. The zero-order valence-corrected chi connectivity index (χ0v) is 9.42. The molecule has 0 aromatic heterocycles. The summed E-state index contributed by atoms with van der Waals surface area (Å²) in [7, 11) is 0. The molecule has 0 saturated heterocycles. The van der Waals surface area contributed by atoms with E-state index in [1.54, 1.807) is 0 Å². The smallest absolute Gasteiger partial charge is 0.336 e. The van der Waals surface area contributed by atoms with E-state index in [1.807, 2.05) is 0 Å². The van der Waals surface area contributed by atoms with Crippen molar-refractivity contribution in [3.63, 3.8) is 0 Å². The highest BCUT2D eigenvalue weighted by molar-refractivity contribution is 5.88. The minimum atomic E-state index is -2.74. The number of carboxylic acids is 3. The minimum absolute atomic E-state index is 0.819. The highest BCUT2D eigenvalue weighted by Gasteiger charge is 2.40. The van der Waals surface area contributed by atoms with E-state index in [9.17, 15) is 14.4 Å². The summed E-state index contributed by atoms with van der Waals surface area (Å²) in [6.07, 6.45) is -1.19. The first kappa shape index (κ1) is 17.7. The van der Waals surface area contributed by atoms with E-state index in [0.29, 0.717) is 0 Å². The van der Waals surface area contributed by atoms with E-state index < -0.39 is 36.4 Å². The van der Waals surface area contributed by atoms with Gasteiger partial charge < -0.3 is 26.2 Å². The average Bonchev–Trinajstić information content (AvgIpc) is 2.15. The molecule has 0 atom stereocenters. The van der Waals surface area contributed by atoms with Crippen LogP contribution in [-0.2, 0) is 14.4 Å². The first-order chi connectivity index (χ1) is 7.69. The van der Waals surface area contributed by atoms with Crippen LogP contribution >= 0.6 is 0 Å². The SMILES string of the molecule is CCCN.O=C(O)CC(O)(CC(=O)O)C(=O)O. The van der Waals surface area contributed by atoms with Crippen LogP contribution in [0.25, 0.3) is 0 Å². The third-order valence-electron chi connectivity index (χ3n) is 1.57. The second-order valence-electron chi connectivity index (χ2n) is 3.27. The molecule has 0 rings (SSSR count). The molecule has 0 aliphatic heterocycles. The van der Waals surface area contributed by atoms with Gasteiger partial charge in [-0.2, -0.15) is 0 Å². The molecule has 8 nitrogen and oxygen atoms in total. The molecule has 0 aliphatic rings. The second kappa shape index (κ2) is 8.48. The van der Waals surface area contributed by atoms with E-state index in [1.165, 1.54) is 0 Å². The van der Waals surface area contributed by atoms with Crippen molar-refractivity contribution >= 4 is 17.9 Å². The molecule has 0 bridgehead atoms. The molecular formula is C9H17NO7. The van der Waals surface area contributed by atoms with Crippen LogP contribution in [0.2, 0.25) is 0 Å². The van der Waals surface area contributed by atoms with Crippen LogP contribution in [0.15, 0.2) is 0 Å². The predicted molar refractivity (Wildman–Crippen MR) is 56.4 cm³/mol. The van der Waals surface area contributed by atoms with E-state index in [2.05, 4.69) is 6.92 Å². The van der Waals surface area contributed by atoms with Gasteiger partial charge in [0.1, 0.15) is 0 Å². The lowest BCUT2D eigenvalue weighted by molar-refractivity contribution is -0.170. The van der Waals surface area contributed by atoms with Gasteiger partial charge in [-0.25, -0.2) is 4.79 Å². The molecule has 100 valence electrons. The Balaban J connectivity index is 0. The summed E-state index contributed by atoms with van der Waals surface area (Å²) in [5.74, 6) is -5.02. The maximum Gasteiger partial charge on any atom is 0.336 e. The van der Waals surface area contributed by atoms with Gasteiger partial charge >= 0.3 is 17.9 Å². The Hall–Kier alpha value is -1.67. The molecule has 0 spiro atoms. The van der Waals surface area contributed by atoms with Gasteiger partial charge in [0, 0.05) is 0 Å². The maximum absolute atomic E-state index is 10.3. The fourth-order valence-electron chi connectivity index (χ4n) is 0.714. The molecule has 0 heterocycles. The predicted octanol–water partition coefficient (Wildman–Crippen LogP) is -0.893. The fraction of sp³-hybridized carbons (Fsp3) is 0.667. The van der Waals surface area contributed by atoms with Gasteiger partial charge in [-0.1, -0.05) is 6.92 Å². The number of carbonyl (C=O) groups is 3. The third kappa shape index (κ3) is 9.27. The molecule has 0 aliphatic carbocycles. The monoisotopic (exact) mass is 251 g/mol. The van der Waals surface area contributed by atoms with E-state index in [0.717, 1.165) is 13.0 Å². The van der Waals surface area contributed by atoms with E-state index in [4.69, 9.17) is 26.2 Å². The van der Waals surface area contributed by atoms with Gasteiger partial charge in [-0.15, -0.1) is 0 Å². The maximum atomic E-state index is 10.3. The number of aliphatic hydroxyl groups is 1. The first-order valence-corrected chi connectivity index (χ1v) is 4.79. The zero-order valence-electron chi connectivity index (χ0n) is 9.42. The molecule has 0 amide bonds. The second-order valence-corrected chi connectivity index (χ2v) is 3.27. The van der Waals surface area contributed by atoms with Crippen LogP contribution in [-0.4, -0.2) is 50.5 Å². The summed E-state index contributed by atoms with van der Waals surface area (Å²) in [5.41, 5.74) is 2.29. The van der Waals surface area contributed by atoms with Gasteiger partial charge in [0.2, 0.25) is 0 Å². The Morgan fingerprint density at radius 2 is 1.35 bits per heavy atom. The van der Waals surface area contributed by atoms with E-state index in [-0.39, 0.29) is 0 Å². The summed E-state index contributed by atoms with van der Waals surface area (Å²) >= 11 is 0. The van der Waals surface area contributed by atoms with Crippen molar-refractivity contribution in [2.24, 2.45) is 5.73 Å². The Morgan fingerprint density at radius 1 is 1.06 bits per heavy atom. The Labute approximate surface area is 97.7 Å². The highest BCUT2D eigenvalue weighted by atomic mass is 16.4. The fourth-order valence-corrected chi connectivity index (χ4v) is 0.714. The topological polar surface area (TPSA) is 158 Å². The molecule has 0 saturated carbocycles. The van der Waals surface area contributed by atoms with Crippen LogP contribution < -0.4 is 5.73 Å². The molecule has 0 radical (unpaired) electrons. The van der Waals surface area contributed by atoms with Crippen LogP contribution in [0.3, 0.4) is 0 Å². The number of rotatable bonds is 6. The molecule has 6 N–H and O–H groups in total. The quantitative estimate of drug-likeness (QED) is 0.406. The van der Waals surface area contributed by atoms with Gasteiger partial charge in [-0.05, 0) is 13.0 Å². The standard InChI is InChI=1S/C6H8O7.C3H9N/c7-3(8)1-6(13,5(11)12)2-4(9)10;1-2-3-4/h13H,1-2H2,(H,7,8)(H,9,10)(H,11,12);2-4H2,1H3. The lowest BCUT2D eigenvalue weighted by Gasteiger charge is -2.18. The van der Waals surface area contributed by atoms with Gasteiger partial charge in [0.05, 0.1) is 12.8 Å². The summed E-state index contributed by atoms with van der Waals surface area (Å²) in [4.78, 5) is 30.5. The Morgan fingerprint density at radius 3 is 1.47 bits per heavy atom. The first-order valence-electron chi connectivity index (χ1n) is 4.79. The minimum Gasteiger partial charge on any atom is -0.481 e. The number of hydrogen-bond donors (Lipinski definition) is 5. The van der Waals surface area contributed by atoms with Crippen molar-refractivity contribution in [1.82, 2.24) is 0 Å². The molecule has 0 fully saturated rings. The van der Waals surface area contributed by atoms with Crippen molar-refractivity contribution in [2.45, 2.75) is 31.8 Å². The summed E-state index contributed by atoms with van der Waals surface area (Å²) in [6.45, 7) is 2.88. The Kier molecular flexibility index (Phi) is 8.84. The van der Waals surface area contributed by atoms with Gasteiger partial charge in [0.25, 0.3) is 0 Å². The van der Waals surface area contributed by atoms with Crippen molar-refractivity contribution < 1.29 is 34.8 Å². The van der Waals surface area contributed by atoms with Crippen molar-refractivity contribution in [1.29, 1.82) is 0 Å². The molecular weight excluding hydrogens is 234 g/mol. The van der Waals surface area contributed by atoms with Gasteiger partial charge in [0.15, 0.2) is 5.60 Å². The molecule has 0 aromatic rings. The molecule has 0 unspecified atom stereocenters. The van der Waals surface area contributed by atoms with Crippen LogP contribution in [0, 0.1) is 0 Å². The summed E-state index contributed by atoms with van der Waals surface area (Å²) < 4.78 is 0. The van der Waals surface area contributed by atoms with Crippen molar-refractivity contribution in [3.8, 4) is 0 Å². The summed E-state index contributed by atoms with van der Waals surface area (Å²) in [5, 5.41) is 33.8. The lowest BCUT2D eigenvalue weighted by Crippen LogP contribution is -2.42. The number of aliphatic carboxylic acids is 3. The van der Waals surface area contributed by atoms with Crippen LogP contribution in [0.5, 0.6) is 0 Å². The van der Waals surface area contributed by atoms with Crippen LogP contribution in [0.1, 0.15) is 26.2 Å². The zero-order chi connectivity index (χ0) is 14.1. The number of carboxylic acid groups (broad SMARTS) is 3. The molecule has 0 aromatic carbocycles. The third-order valence-corrected chi connectivity index (χ3v) is 1.57. The van der Waals surface area contributed by atoms with Gasteiger partial charge in [-0.3, -0.25) is 9.59 Å². The van der Waals surface area contributed by atoms with Crippen molar-refractivity contribution in [2.75, 3.05) is 6.54 Å². The van der Waals surface area contributed by atoms with E-state index >= 15 is 0 Å². The number of hydrogen-bond acceptors (Lipinski definition) is 5. The molecule has 17 heavy (non-hydrogen) atoms. The largest absolute Gasteiger partial charge is 0.481 e. The average molecular weight is 251 g/mol. The molecule has 8 heteroatoms.